The molecule has 1 saturated heterocycles. The average molecular weight is 599 g/mol. The van der Waals surface area contributed by atoms with Gasteiger partial charge in [0.25, 0.3) is 0 Å². The molecule has 1 aliphatic rings. The smallest absolute Gasteiger partial charge is 0.412 e. The number of nitrogens with one attached hydrogen (secondary N) is 1. The molecule has 3 rings (SSSR count). The van der Waals surface area contributed by atoms with Gasteiger partial charge in [-0.3, -0.25) is 9.59 Å². The highest BCUT2D eigenvalue weighted by Crippen LogP contribution is 2.32. The Hall–Kier alpha value is -4.00. The number of likely N-dealkylation sites (tertiary alicyclic amines) is 1. The lowest BCUT2D eigenvalue weighted by Gasteiger charge is -2.34. The quantitative estimate of drug-likeness (QED) is 0.142. The zero-order chi connectivity index (χ0) is 31.2. The van der Waals surface area contributed by atoms with Crippen LogP contribution in [0, 0.1) is 0 Å². The highest BCUT2D eigenvalue weighted by molar-refractivity contribution is 5.85. The van der Waals surface area contributed by atoms with Crippen LogP contribution in [0.3, 0.4) is 0 Å². The standard InChI is InChI=1S/C31H42N4O8/c1-22(41-27(36)15-19-34-28(37)26(33)14-8-9-18-32)42-30(39)35-20-16-25(17-21-35)43-29(38)31(40,23-10-4-2-5-11-23)24-12-6-3-7-13-24/h2-7,10-13,22,25-26,40H,8-9,14-21,32-33H2,1H3,(H,34,37)/t22?,26-/m0/s1. The van der Waals surface area contributed by atoms with E-state index >= 15 is 0 Å². The summed E-state index contributed by atoms with van der Waals surface area (Å²) in [6.45, 7) is 2.48. The first-order chi connectivity index (χ1) is 20.6. The summed E-state index contributed by atoms with van der Waals surface area (Å²) >= 11 is 0. The van der Waals surface area contributed by atoms with Crippen LogP contribution < -0.4 is 16.8 Å². The largest absolute Gasteiger partial charge is 0.460 e. The third-order valence-electron chi connectivity index (χ3n) is 7.15. The monoisotopic (exact) mass is 598 g/mol. The summed E-state index contributed by atoms with van der Waals surface area (Å²) in [4.78, 5) is 51.5. The first-order valence-electron chi connectivity index (χ1n) is 14.6. The lowest BCUT2D eigenvalue weighted by molar-refractivity contribution is -0.170. The number of hydrogen-bond acceptors (Lipinski definition) is 10. The number of esters is 2. The fourth-order valence-corrected chi connectivity index (χ4v) is 4.70. The Morgan fingerprint density at radius 1 is 0.977 bits per heavy atom. The summed E-state index contributed by atoms with van der Waals surface area (Å²) in [6.07, 6.45) is 0.250. The van der Waals surface area contributed by atoms with Gasteiger partial charge in [-0.1, -0.05) is 67.1 Å². The summed E-state index contributed by atoms with van der Waals surface area (Å²) in [6, 6.07) is 16.5. The Morgan fingerprint density at radius 2 is 1.56 bits per heavy atom. The van der Waals surface area contributed by atoms with Gasteiger partial charge in [0, 0.05) is 39.4 Å². The van der Waals surface area contributed by atoms with Crippen LogP contribution in [0.25, 0.3) is 0 Å². The third-order valence-corrected chi connectivity index (χ3v) is 7.15. The van der Waals surface area contributed by atoms with E-state index in [9.17, 15) is 24.3 Å². The van der Waals surface area contributed by atoms with E-state index in [1.807, 2.05) is 0 Å². The van der Waals surface area contributed by atoms with Crippen molar-refractivity contribution in [2.75, 3.05) is 26.2 Å². The summed E-state index contributed by atoms with van der Waals surface area (Å²) in [5.41, 5.74) is 10.0. The highest BCUT2D eigenvalue weighted by atomic mass is 16.7. The number of nitrogens with two attached hydrogens (primary N) is 2. The minimum absolute atomic E-state index is 0.0405. The van der Waals surface area contributed by atoms with Gasteiger partial charge in [-0.05, 0) is 30.5 Å². The van der Waals surface area contributed by atoms with E-state index in [2.05, 4.69) is 5.32 Å². The lowest BCUT2D eigenvalue weighted by Crippen LogP contribution is -2.45. The number of amides is 2. The Bertz CT molecular complexity index is 1150. The Kier molecular flexibility index (Phi) is 12.9. The molecule has 43 heavy (non-hydrogen) atoms. The van der Waals surface area contributed by atoms with Crippen molar-refractivity contribution in [3.63, 3.8) is 0 Å². The molecule has 0 spiro atoms. The van der Waals surface area contributed by atoms with Gasteiger partial charge in [0.1, 0.15) is 6.10 Å². The topological polar surface area (TPSA) is 184 Å². The lowest BCUT2D eigenvalue weighted by atomic mass is 9.86. The molecule has 0 radical (unpaired) electrons. The molecule has 1 heterocycles. The summed E-state index contributed by atoms with van der Waals surface area (Å²) in [5.74, 6) is -1.80. The van der Waals surface area contributed by atoms with Crippen molar-refractivity contribution in [1.82, 2.24) is 10.2 Å². The van der Waals surface area contributed by atoms with E-state index in [4.69, 9.17) is 25.7 Å². The third kappa shape index (κ3) is 9.77. The molecule has 12 nitrogen and oxygen atoms in total. The van der Waals surface area contributed by atoms with Crippen LogP contribution in [0.2, 0.25) is 0 Å². The molecular formula is C31H42N4O8. The second kappa shape index (κ2) is 16.6. The van der Waals surface area contributed by atoms with E-state index in [1.54, 1.807) is 60.7 Å². The van der Waals surface area contributed by atoms with Crippen LogP contribution in [0.4, 0.5) is 4.79 Å². The molecule has 12 heteroatoms. The van der Waals surface area contributed by atoms with E-state index in [1.165, 1.54) is 11.8 Å². The fourth-order valence-electron chi connectivity index (χ4n) is 4.70. The number of rotatable bonds is 14. The second-order valence-electron chi connectivity index (χ2n) is 10.4. The molecule has 2 aromatic rings. The molecule has 0 bridgehead atoms. The number of carbonyl (C=O) groups is 4. The van der Waals surface area contributed by atoms with Gasteiger partial charge in [0.05, 0.1) is 12.5 Å². The fraction of sp³-hybridized carbons (Fsp3) is 0.484. The van der Waals surface area contributed by atoms with E-state index in [-0.39, 0.29) is 32.0 Å². The molecule has 1 aliphatic heterocycles. The zero-order valence-electron chi connectivity index (χ0n) is 24.5. The van der Waals surface area contributed by atoms with E-state index < -0.39 is 42.1 Å². The minimum Gasteiger partial charge on any atom is -0.460 e. The average Bonchev–Trinajstić information content (AvgIpc) is 3.01. The molecule has 2 amide bonds. The van der Waals surface area contributed by atoms with Gasteiger partial charge >= 0.3 is 18.0 Å². The second-order valence-corrected chi connectivity index (χ2v) is 10.4. The van der Waals surface area contributed by atoms with E-state index in [0.717, 1.165) is 12.8 Å². The first kappa shape index (κ1) is 33.5. The molecule has 234 valence electrons. The van der Waals surface area contributed by atoms with Gasteiger partial charge in [-0.2, -0.15) is 0 Å². The normalized spacial score (nSPS) is 15.2. The number of benzene rings is 2. The summed E-state index contributed by atoms with van der Waals surface area (Å²) in [5, 5.41) is 14.2. The van der Waals surface area contributed by atoms with Crippen molar-refractivity contribution in [3.8, 4) is 0 Å². The Labute approximate surface area is 251 Å². The molecule has 0 aromatic heterocycles. The van der Waals surface area contributed by atoms with E-state index in [0.29, 0.717) is 36.9 Å². The van der Waals surface area contributed by atoms with Crippen LogP contribution in [0.15, 0.2) is 60.7 Å². The molecule has 0 aliphatic carbocycles. The van der Waals surface area contributed by atoms with Gasteiger partial charge in [-0.15, -0.1) is 0 Å². The number of hydrogen-bond donors (Lipinski definition) is 4. The maximum Gasteiger partial charge on any atom is 0.412 e. The van der Waals surface area contributed by atoms with Crippen LogP contribution in [-0.2, 0) is 34.2 Å². The number of aliphatic hydroxyl groups is 1. The SMILES string of the molecule is CC(OC(=O)CCNC(=O)[C@@H](N)CCCCN)OC(=O)N1CCC(OC(=O)C(O)(c2ccccc2)c2ccccc2)CC1. The minimum atomic E-state index is -1.99. The maximum absolute atomic E-state index is 13.3. The first-order valence-corrected chi connectivity index (χ1v) is 14.6. The maximum atomic E-state index is 13.3. The van der Waals surface area contributed by atoms with Gasteiger partial charge in [0.15, 0.2) is 0 Å². The molecule has 6 N–H and O–H groups in total. The van der Waals surface area contributed by atoms with Crippen molar-refractivity contribution in [2.24, 2.45) is 11.5 Å². The van der Waals surface area contributed by atoms with Crippen molar-refractivity contribution in [1.29, 1.82) is 0 Å². The van der Waals surface area contributed by atoms with Crippen LogP contribution >= 0.6 is 0 Å². The van der Waals surface area contributed by atoms with Crippen LogP contribution in [-0.4, -0.2) is 78.6 Å². The Morgan fingerprint density at radius 3 is 2.12 bits per heavy atom. The predicted octanol–water partition coefficient (Wildman–Crippen LogP) is 1.92. The summed E-state index contributed by atoms with van der Waals surface area (Å²) in [7, 11) is 0. The number of unbranched alkanes of at least 4 members (excludes halogenated alkanes) is 1. The molecule has 2 atom stereocenters. The van der Waals surface area contributed by atoms with Crippen molar-refractivity contribution in [2.45, 2.75) is 69.5 Å². The predicted molar refractivity (Wildman–Crippen MR) is 157 cm³/mol. The highest BCUT2D eigenvalue weighted by Gasteiger charge is 2.43. The number of piperidine rings is 1. The van der Waals surface area contributed by atoms with Gasteiger partial charge < -0.3 is 41.0 Å². The van der Waals surface area contributed by atoms with Crippen molar-refractivity contribution in [3.05, 3.63) is 71.8 Å². The summed E-state index contributed by atoms with van der Waals surface area (Å²) < 4.78 is 16.1. The van der Waals surface area contributed by atoms with Gasteiger partial charge in [0.2, 0.25) is 17.8 Å². The molecule has 1 fully saturated rings. The molecule has 2 aromatic carbocycles. The van der Waals surface area contributed by atoms with Crippen molar-refractivity contribution < 1.29 is 38.5 Å². The van der Waals surface area contributed by atoms with Gasteiger partial charge in [-0.25, -0.2) is 9.59 Å². The van der Waals surface area contributed by atoms with Crippen LogP contribution in [0.1, 0.15) is 56.6 Å². The number of carbonyl (C=O) groups excluding carboxylic acids is 4. The van der Waals surface area contributed by atoms with Crippen LogP contribution in [0.5, 0.6) is 0 Å². The van der Waals surface area contributed by atoms with Crippen molar-refractivity contribution >= 4 is 23.9 Å². The molecular weight excluding hydrogens is 556 g/mol. The number of nitrogens with zero attached hydrogens (tertiary/aromatic N) is 1. The Balaban J connectivity index is 1.41. The molecule has 1 unspecified atom stereocenters. The zero-order valence-corrected chi connectivity index (χ0v) is 24.5. The number of ether oxygens (including phenoxy) is 3. The molecule has 0 saturated carbocycles.